The number of carboxylic acid groups (broad SMARTS) is 1. The van der Waals surface area contributed by atoms with Crippen LogP contribution in [0.15, 0.2) is 72.0 Å². The highest BCUT2D eigenvalue weighted by Crippen LogP contribution is 2.31. The first-order valence-electron chi connectivity index (χ1n) is 10.7. The molecule has 1 unspecified atom stereocenters. The molecule has 3 rings (SSSR count). The third-order valence-corrected chi connectivity index (χ3v) is 5.05. The third-order valence-electron chi connectivity index (χ3n) is 5.05. The van der Waals surface area contributed by atoms with Gasteiger partial charge >= 0.3 is 12.1 Å². The molecule has 0 N–H and O–H groups in total. The minimum Gasteiger partial charge on any atom is -0.497 e. The molecule has 0 fully saturated rings. The predicted molar refractivity (Wildman–Crippen MR) is 125 cm³/mol. The number of carbonyl (C=O) groups is 3. The van der Waals surface area contributed by atoms with Gasteiger partial charge in [0.05, 0.1) is 18.2 Å². The van der Waals surface area contributed by atoms with E-state index in [4.69, 9.17) is 9.47 Å². The molecule has 0 bridgehead atoms. The van der Waals surface area contributed by atoms with Gasteiger partial charge in [0.15, 0.2) is 0 Å². The molecular formula is C25H27N3O6. The summed E-state index contributed by atoms with van der Waals surface area (Å²) in [5.41, 5.74) is 0.0941. The van der Waals surface area contributed by atoms with Crippen LogP contribution in [-0.2, 0) is 4.74 Å². The van der Waals surface area contributed by atoms with Crippen molar-refractivity contribution >= 4 is 29.7 Å². The van der Waals surface area contributed by atoms with Crippen molar-refractivity contribution in [2.45, 2.75) is 32.8 Å². The van der Waals surface area contributed by atoms with Gasteiger partial charge in [-0.15, -0.1) is 0 Å². The van der Waals surface area contributed by atoms with Crippen LogP contribution in [0.25, 0.3) is 0 Å². The zero-order valence-corrected chi connectivity index (χ0v) is 19.6. The summed E-state index contributed by atoms with van der Waals surface area (Å²) in [7, 11) is 1.57. The second-order valence-corrected chi connectivity index (χ2v) is 8.73. The normalized spacial score (nSPS) is 17.1. The molecule has 2 aromatic carbocycles. The highest BCUT2D eigenvalue weighted by Gasteiger charge is 2.41. The van der Waals surface area contributed by atoms with Gasteiger partial charge in [-0.2, -0.15) is 4.48 Å². The van der Waals surface area contributed by atoms with Gasteiger partial charge in [-0.05, 0) is 45.0 Å². The summed E-state index contributed by atoms with van der Waals surface area (Å²) >= 11 is 0. The number of amides is 2. The molecule has 0 saturated heterocycles. The van der Waals surface area contributed by atoms with Crippen LogP contribution in [0.1, 0.15) is 37.6 Å². The van der Waals surface area contributed by atoms with Crippen LogP contribution in [0.5, 0.6) is 5.75 Å². The number of hydrogen-bond acceptors (Lipinski definition) is 7. The molecular weight excluding hydrogens is 438 g/mol. The van der Waals surface area contributed by atoms with E-state index < -0.39 is 28.2 Å². The molecule has 1 aliphatic rings. The van der Waals surface area contributed by atoms with Crippen LogP contribution in [0.4, 0.5) is 15.3 Å². The largest absolute Gasteiger partial charge is 0.497 e. The standard InChI is InChI=1S/C25H27N3O6/c1-25(2,3)34-23(30)27(4)16-14-21-26-15-17-28(21,24(31)32)19-10-12-20(13-11-19)33-22(29)18-8-6-5-7-9-18/h5-13,15,17H,14,16H2,1-4H3. The summed E-state index contributed by atoms with van der Waals surface area (Å²) in [6, 6.07) is 14.6. The number of amidine groups is 1. The predicted octanol–water partition coefficient (Wildman–Crippen LogP) is 3.70. The van der Waals surface area contributed by atoms with Gasteiger partial charge in [0.25, 0.3) is 6.09 Å². The van der Waals surface area contributed by atoms with Crippen LogP contribution in [0.3, 0.4) is 0 Å². The van der Waals surface area contributed by atoms with E-state index in [-0.39, 0.29) is 24.6 Å². The minimum absolute atomic E-state index is 0.168. The maximum Gasteiger partial charge on any atom is 0.410 e. The Labute approximate surface area is 198 Å². The zero-order valence-electron chi connectivity index (χ0n) is 19.6. The number of rotatable bonds is 6. The van der Waals surface area contributed by atoms with Crippen molar-refractivity contribution < 1.29 is 29.0 Å². The molecule has 0 radical (unpaired) electrons. The second kappa shape index (κ2) is 9.88. The summed E-state index contributed by atoms with van der Waals surface area (Å²) < 4.78 is 9.95. The molecule has 1 atom stereocenters. The quantitative estimate of drug-likeness (QED) is 0.366. The Morgan fingerprint density at radius 1 is 1.03 bits per heavy atom. The maximum atomic E-state index is 12.3. The van der Waals surface area contributed by atoms with Crippen LogP contribution in [-0.4, -0.2) is 48.1 Å². The van der Waals surface area contributed by atoms with Crippen molar-refractivity contribution in [3.05, 3.63) is 72.6 Å². The van der Waals surface area contributed by atoms with Crippen molar-refractivity contribution in [2.75, 3.05) is 13.6 Å². The van der Waals surface area contributed by atoms with E-state index in [1.54, 1.807) is 58.2 Å². The van der Waals surface area contributed by atoms with E-state index in [0.717, 1.165) is 0 Å². The first-order valence-corrected chi connectivity index (χ1v) is 10.7. The summed E-state index contributed by atoms with van der Waals surface area (Å²) in [5, 5.41) is 12.3. The fourth-order valence-corrected chi connectivity index (χ4v) is 3.33. The fourth-order valence-electron chi connectivity index (χ4n) is 3.33. The molecule has 0 saturated carbocycles. The summed E-state index contributed by atoms with van der Waals surface area (Å²) in [5.74, 6) is 0.00973. The van der Waals surface area contributed by atoms with E-state index in [0.29, 0.717) is 11.3 Å². The molecule has 9 nitrogen and oxygen atoms in total. The Bertz CT molecular complexity index is 1120. The maximum absolute atomic E-state index is 12.3. The number of esters is 1. The van der Waals surface area contributed by atoms with Crippen molar-refractivity contribution in [1.29, 1.82) is 0 Å². The van der Waals surface area contributed by atoms with Gasteiger partial charge in [-0.25, -0.2) is 14.6 Å². The Kier molecular flexibility index (Phi) is 7.17. The molecule has 2 aromatic rings. The first-order chi connectivity index (χ1) is 16.0. The van der Waals surface area contributed by atoms with Crippen LogP contribution < -0.4 is 14.3 Å². The van der Waals surface area contributed by atoms with Crippen molar-refractivity contribution in [3.8, 4) is 5.75 Å². The monoisotopic (exact) mass is 465 g/mol. The van der Waals surface area contributed by atoms with Gasteiger partial charge in [-0.1, -0.05) is 18.2 Å². The second-order valence-electron chi connectivity index (χ2n) is 8.73. The van der Waals surface area contributed by atoms with Gasteiger partial charge in [0.1, 0.15) is 23.2 Å². The Hall–Kier alpha value is -3.98. The van der Waals surface area contributed by atoms with E-state index in [1.165, 1.54) is 41.6 Å². The van der Waals surface area contributed by atoms with Crippen LogP contribution >= 0.6 is 0 Å². The molecule has 0 aromatic heterocycles. The smallest absolute Gasteiger partial charge is 0.410 e. The number of aliphatic imine (C=N–C) groups is 1. The van der Waals surface area contributed by atoms with E-state index >= 15 is 0 Å². The van der Waals surface area contributed by atoms with Crippen molar-refractivity contribution in [1.82, 2.24) is 9.38 Å². The first kappa shape index (κ1) is 24.7. The highest BCUT2D eigenvalue weighted by molar-refractivity contribution is 6.10. The number of quaternary nitrogens is 1. The molecule has 34 heavy (non-hydrogen) atoms. The van der Waals surface area contributed by atoms with Crippen molar-refractivity contribution in [2.24, 2.45) is 4.99 Å². The van der Waals surface area contributed by atoms with Gasteiger partial charge < -0.3 is 24.3 Å². The average molecular weight is 466 g/mol. The van der Waals surface area contributed by atoms with Gasteiger partial charge in [0, 0.05) is 25.7 Å². The Morgan fingerprint density at radius 2 is 1.68 bits per heavy atom. The van der Waals surface area contributed by atoms with Crippen LogP contribution in [0, 0.1) is 0 Å². The number of ether oxygens (including phenoxy) is 2. The van der Waals surface area contributed by atoms with Gasteiger partial charge in [-0.3, -0.25) is 0 Å². The number of benzene rings is 2. The lowest BCUT2D eigenvalue weighted by Crippen LogP contribution is -2.59. The lowest BCUT2D eigenvalue weighted by atomic mass is 10.2. The summed E-state index contributed by atoms with van der Waals surface area (Å²) in [6.07, 6.45) is 1.03. The third kappa shape index (κ3) is 5.49. The molecule has 1 aliphatic heterocycles. The van der Waals surface area contributed by atoms with E-state index in [2.05, 4.69) is 4.99 Å². The van der Waals surface area contributed by atoms with Crippen molar-refractivity contribution in [3.63, 3.8) is 0 Å². The average Bonchev–Trinajstić information content (AvgIpc) is 3.22. The number of hydrogen-bond donors (Lipinski definition) is 0. The molecule has 9 heteroatoms. The Balaban J connectivity index is 1.74. The molecule has 178 valence electrons. The fraction of sp³-hybridized carbons (Fsp3) is 0.280. The zero-order chi connectivity index (χ0) is 24.9. The summed E-state index contributed by atoms with van der Waals surface area (Å²) in [6.45, 7) is 5.49. The molecule has 0 aliphatic carbocycles. The lowest BCUT2D eigenvalue weighted by Gasteiger charge is -2.32. The molecule has 1 heterocycles. The Morgan fingerprint density at radius 3 is 2.26 bits per heavy atom. The lowest BCUT2D eigenvalue weighted by molar-refractivity contribution is -0.257. The highest BCUT2D eigenvalue weighted by atomic mass is 16.6. The minimum atomic E-state index is -1.40. The molecule has 2 amide bonds. The van der Waals surface area contributed by atoms with E-state index in [1.807, 2.05) is 0 Å². The van der Waals surface area contributed by atoms with Crippen LogP contribution in [0.2, 0.25) is 0 Å². The number of nitrogens with zero attached hydrogens (tertiary/aromatic N) is 3. The summed E-state index contributed by atoms with van der Waals surface area (Å²) in [4.78, 5) is 42.4. The van der Waals surface area contributed by atoms with Gasteiger partial charge in [0.2, 0.25) is 5.84 Å². The number of carbonyl (C=O) groups excluding carboxylic acids is 3. The van der Waals surface area contributed by atoms with E-state index in [9.17, 15) is 19.5 Å². The SMILES string of the molecule is CN(CCC1=NC=C[N+]1(C(=O)[O-])c1ccc(OC(=O)c2ccccc2)cc1)C(=O)OC(C)(C)C. The molecule has 0 spiro atoms. The topological polar surface area (TPSA) is 108 Å².